The van der Waals surface area contributed by atoms with Gasteiger partial charge in [0.2, 0.25) is 0 Å². The molecule has 7 heteroatoms. The summed E-state index contributed by atoms with van der Waals surface area (Å²) in [5.41, 5.74) is 3.02. The van der Waals surface area contributed by atoms with Crippen LogP contribution < -0.4 is 5.56 Å². The third kappa shape index (κ3) is 3.57. The van der Waals surface area contributed by atoms with Crippen molar-refractivity contribution in [2.24, 2.45) is 0 Å². The average Bonchev–Trinajstić information content (AvgIpc) is 2.66. The number of benzene rings is 2. The van der Waals surface area contributed by atoms with E-state index < -0.39 is 17.5 Å². The molecule has 0 saturated carbocycles. The summed E-state index contributed by atoms with van der Waals surface area (Å²) in [4.78, 5) is 21.7. The van der Waals surface area contributed by atoms with Crippen molar-refractivity contribution in [3.8, 4) is 11.4 Å². The number of aryl methyl sites for hydroxylation is 1. The minimum atomic E-state index is -1.21. The molecule has 2 aromatic carbocycles. The van der Waals surface area contributed by atoms with Crippen LogP contribution in [-0.4, -0.2) is 21.4 Å². The van der Waals surface area contributed by atoms with Crippen LogP contribution >= 0.6 is 0 Å². The molecule has 1 N–H and O–H groups in total. The highest BCUT2D eigenvalue weighted by Gasteiger charge is 2.23. The Labute approximate surface area is 159 Å². The van der Waals surface area contributed by atoms with Crippen molar-refractivity contribution in [3.63, 3.8) is 0 Å². The Bertz CT molecular complexity index is 1090. The van der Waals surface area contributed by atoms with Crippen LogP contribution in [0.2, 0.25) is 0 Å². The lowest BCUT2D eigenvalue weighted by atomic mass is 10.0. The number of halogens is 3. The maximum Gasteiger partial charge on any atom is 0.254 e. The molecule has 2 heterocycles. The molecular formula is C21H18F3N3O. The smallest absolute Gasteiger partial charge is 0.254 e. The van der Waals surface area contributed by atoms with E-state index in [1.807, 2.05) is 36.1 Å². The van der Waals surface area contributed by atoms with Gasteiger partial charge < -0.3 is 4.98 Å². The van der Waals surface area contributed by atoms with Crippen molar-refractivity contribution in [3.05, 3.63) is 86.6 Å². The minimum Gasteiger partial charge on any atom is -0.306 e. The van der Waals surface area contributed by atoms with Crippen LogP contribution in [0, 0.1) is 24.4 Å². The number of hydrogen-bond donors (Lipinski definition) is 1. The quantitative estimate of drug-likeness (QED) is 0.699. The molecule has 0 radical (unpaired) electrons. The minimum absolute atomic E-state index is 0.0750. The van der Waals surface area contributed by atoms with E-state index in [1.54, 1.807) is 0 Å². The van der Waals surface area contributed by atoms with Gasteiger partial charge in [0, 0.05) is 42.4 Å². The standard InChI is InChI=1S/C21H18F3N3O/c1-12-2-4-13(5-3-12)20-25-19-11-27(7-6-15(19)21(28)26-20)10-14-8-17(23)18(24)9-16(14)22/h2-5,8-9H,6-7,10-11H2,1H3,(H,25,26,28). The van der Waals surface area contributed by atoms with Gasteiger partial charge in [0.1, 0.15) is 11.6 Å². The van der Waals surface area contributed by atoms with Gasteiger partial charge in [-0.25, -0.2) is 18.2 Å². The molecule has 144 valence electrons. The van der Waals surface area contributed by atoms with E-state index in [0.717, 1.165) is 17.2 Å². The zero-order chi connectivity index (χ0) is 19.8. The van der Waals surface area contributed by atoms with Crippen molar-refractivity contribution in [2.75, 3.05) is 6.54 Å². The maximum atomic E-state index is 14.0. The van der Waals surface area contributed by atoms with Gasteiger partial charge in [0.15, 0.2) is 11.6 Å². The molecule has 0 amide bonds. The summed E-state index contributed by atoms with van der Waals surface area (Å²) in [5, 5.41) is 0. The largest absolute Gasteiger partial charge is 0.306 e. The van der Waals surface area contributed by atoms with E-state index in [9.17, 15) is 18.0 Å². The lowest BCUT2D eigenvalue weighted by molar-refractivity contribution is 0.236. The first-order valence-corrected chi connectivity index (χ1v) is 8.95. The van der Waals surface area contributed by atoms with Gasteiger partial charge >= 0.3 is 0 Å². The molecule has 4 rings (SSSR count). The van der Waals surface area contributed by atoms with Crippen LogP contribution in [0.25, 0.3) is 11.4 Å². The summed E-state index contributed by atoms with van der Waals surface area (Å²) in [6.07, 6.45) is 0.455. The molecule has 0 fully saturated rings. The molecule has 0 saturated heterocycles. The molecule has 3 aromatic rings. The molecule has 4 nitrogen and oxygen atoms in total. The molecule has 0 atom stereocenters. The van der Waals surface area contributed by atoms with Crippen LogP contribution in [0.3, 0.4) is 0 Å². The summed E-state index contributed by atoms with van der Waals surface area (Å²) < 4.78 is 40.5. The van der Waals surface area contributed by atoms with Crippen molar-refractivity contribution >= 4 is 0 Å². The number of aromatic nitrogens is 2. The van der Waals surface area contributed by atoms with E-state index in [2.05, 4.69) is 9.97 Å². The second-order valence-corrected chi connectivity index (χ2v) is 7.02. The summed E-state index contributed by atoms with van der Waals surface area (Å²) in [6.45, 7) is 2.91. The summed E-state index contributed by atoms with van der Waals surface area (Å²) in [7, 11) is 0. The Hall–Kier alpha value is -2.93. The number of nitrogens with zero attached hydrogens (tertiary/aromatic N) is 2. The topological polar surface area (TPSA) is 49.0 Å². The van der Waals surface area contributed by atoms with Gasteiger partial charge in [-0.3, -0.25) is 9.69 Å². The molecule has 0 bridgehead atoms. The second-order valence-electron chi connectivity index (χ2n) is 7.02. The van der Waals surface area contributed by atoms with Crippen molar-refractivity contribution < 1.29 is 13.2 Å². The van der Waals surface area contributed by atoms with Gasteiger partial charge in [-0.1, -0.05) is 29.8 Å². The average molecular weight is 385 g/mol. The fraction of sp³-hybridized carbons (Fsp3) is 0.238. The number of H-pyrrole nitrogens is 1. The van der Waals surface area contributed by atoms with Gasteiger partial charge in [0.05, 0.1) is 5.69 Å². The van der Waals surface area contributed by atoms with E-state index in [4.69, 9.17) is 0 Å². The number of hydrogen-bond acceptors (Lipinski definition) is 3. The molecule has 1 aromatic heterocycles. The van der Waals surface area contributed by atoms with E-state index >= 15 is 0 Å². The van der Waals surface area contributed by atoms with Gasteiger partial charge in [-0.15, -0.1) is 0 Å². The highest BCUT2D eigenvalue weighted by molar-refractivity contribution is 5.55. The van der Waals surface area contributed by atoms with Gasteiger partial charge in [-0.2, -0.15) is 0 Å². The molecule has 0 unspecified atom stereocenters. The van der Waals surface area contributed by atoms with E-state index in [-0.39, 0.29) is 17.7 Å². The van der Waals surface area contributed by atoms with E-state index in [0.29, 0.717) is 42.7 Å². The fourth-order valence-electron chi connectivity index (χ4n) is 3.40. The van der Waals surface area contributed by atoms with Crippen molar-refractivity contribution in [1.82, 2.24) is 14.9 Å². The SMILES string of the molecule is Cc1ccc(-c2nc3c(c(=O)[nH]2)CCN(Cc2cc(F)c(F)cc2F)C3)cc1. The predicted molar refractivity (Wildman–Crippen MR) is 99.2 cm³/mol. The van der Waals surface area contributed by atoms with Gasteiger partial charge in [0.25, 0.3) is 5.56 Å². The Balaban J connectivity index is 1.62. The summed E-state index contributed by atoms with van der Waals surface area (Å²) >= 11 is 0. The van der Waals surface area contributed by atoms with Crippen molar-refractivity contribution in [1.29, 1.82) is 0 Å². The number of aromatic amines is 1. The highest BCUT2D eigenvalue weighted by atomic mass is 19.2. The number of nitrogens with one attached hydrogen (secondary N) is 1. The first kappa shape index (κ1) is 18.4. The lowest BCUT2D eigenvalue weighted by Crippen LogP contribution is -2.35. The van der Waals surface area contributed by atoms with E-state index in [1.165, 1.54) is 0 Å². The van der Waals surface area contributed by atoms with Crippen LogP contribution in [0.1, 0.15) is 22.4 Å². The number of rotatable bonds is 3. The molecule has 28 heavy (non-hydrogen) atoms. The molecule has 0 aliphatic carbocycles. The first-order valence-electron chi connectivity index (χ1n) is 8.95. The van der Waals surface area contributed by atoms with Crippen molar-refractivity contribution in [2.45, 2.75) is 26.4 Å². The monoisotopic (exact) mass is 385 g/mol. The first-order chi connectivity index (χ1) is 13.4. The number of fused-ring (bicyclic) bond motifs is 1. The summed E-state index contributed by atoms with van der Waals surface area (Å²) in [6, 6.07) is 9.08. The van der Waals surface area contributed by atoms with Crippen LogP contribution in [0.5, 0.6) is 0 Å². The molecule has 1 aliphatic rings. The third-order valence-electron chi connectivity index (χ3n) is 4.96. The van der Waals surface area contributed by atoms with Gasteiger partial charge in [-0.05, 0) is 19.4 Å². The normalized spacial score (nSPS) is 14.1. The zero-order valence-corrected chi connectivity index (χ0v) is 15.2. The zero-order valence-electron chi connectivity index (χ0n) is 15.2. The summed E-state index contributed by atoms with van der Waals surface area (Å²) in [5.74, 6) is -2.60. The maximum absolute atomic E-state index is 14.0. The van der Waals surface area contributed by atoms with Crippen LogP contribution in [-0.2, 0) is 19.5 Å². The molecular weight excluding hydrogens is 367 g/mol. The molecule has 0 spiro atoms. The molecule has 1 aliphatic heterocycles. The highest BCUT2D eigenvalue weighted by Crippen LogP contribution is 2.22. The Morgan fingerprint density at radius 3 is 2.54 bits per heavy atom. The second kappa shape index (κ2) is 7.24. The fourth-order valence-corrected chi connectivity index (χ4v) is 3.40. The lowest BCUT2D eigenvalue weighted by Gasteiger charge is -2.28. The van der Waals surface area contributed by atoms with Crippen LogP contribution in [0.15, 0.2) is 41.2 Å². The Kier molecular flexibility index (Phi) is 4.77. The third-order valence-corrected chi connectivity index (χ3v) is 4.96. The Morgan fingerprint density at radius 1 is 1.07 bits per heavy atom. The predicted octanol–water partition coefficient (Wildman–Crippen LogP) is 3.72. The Morgan fingerprint density at radius 2 is 1.79 bits per heavy atom. The van der Waals surface area contributed by atoms with Crippen LogP contribution in [0.4, 0.5) is 13.2 Å².